The molecule has 0 saturated heterocycles. The molecular formula is C56H39NO. The van der Waals surface area contributed by atoms with E-state index in [2.05, 4.69) is 230 Å². The Hall–Kier alpha value is -7.42. The van der Waals surface area contributed by atoms with Crippen LogP contribution >= 0.6 is 0 Å². The molecule has 1 aromatic heterocycles. The monoisotopic (exact) mass is 741 g/mol. The van der Waals surface area contributed by atoms with Crippen LogP contribution in [0.4, 0.5) is 17.1 Å². The Balaban J connectivity index is 1.07. The lowest BCUT2D eigenvalue weighted by molar-refractivity contribution is 0.662. The highest BCUT2D eigenvalue weighted by Crippen LogP contribution is 2.54. The van der Waals surface area contributed by atoms with E-state index in [9.17, 15) is 0 Å². The van der Waals surface area contributed by atoms with Gasteiger partial charge in [-0.1, -0.05) is 164 Å². The van der Waals surface area contributed by atoms with Crippen molar-refractivity contribution in [1.82, 2.24) is 0 Å². The summed E-state index contributed by atoms with van der Waals surface area (Å²) in [6.45, 7) is 2.37. The number of para-hydroxylation sites is 1. The molecule has 0 amide bonds. The van der Waals surface area contributed by atoms with E-state index < -0.39 is 0 Å². The normalized spacial score (nSPS) is 12.7. The van der Waals surface area contributed by atoms with Crippen LogP contribution in [0.1, 0.15) is 23.6 Å². The largest absolute Gasteiger partial charge is 0.456 e. The molecule has 9 aromatic carbocycles. The Morgan fingerprint density at radius 3 is 1.53 bits per heavy atom. The minimum absolute atomic E-state index is 0.360. The fourth-order valence-electron chi connectivity index (χ4n) is 9.26. The van der Waals surface area contributed by atoms with Crippen molar-refractivity contribution in [2.75, 3.05) is 4.90 Å². The van der Waals surface area contributed by atoms with Gasteiger partial charge in [0.05, 0.1) is 0 Å². The van der Waals surface area contributed by atoms with Gasteiger partial charge in [-0.05, 0) is 123 Å². The van der Waals surface area contributed by atoms with Crippen LogP contribution in [-0.2, 0) is 5.41 Å². The van der Waals surface area contributed by atoms with Crippen molar-refractivity contribution in [3.05, 3.63) is 235 Å². The van der Waals surface area contributed by atoms with Gasteiger partial charge in [-0.2, -0.15) is 0 Å². The van der Waals surface area contributed by atoms with Gasteiger partial charge in [0, 0.05) is 33.2 Å². The van der Waals surface area contributed by atoms with Crippen molar-refractivity contribution in [3.63, 3.8) is 0 Å². The second-order valence-corrected chi connectivity index (χ2v) is 15.4. The number of anilines is 3. The summed E-state index contributed by atoms with van der Waals surface area (Å²) in [7, 11) is 0. The number of fused-ring (bicyclic) bond motifs is 6. The molecule has 1 heterocycles. The predicted octanol–water partition coefficient (Wildman–Crippen LogP) is 15.4. The maximum Gasteiger partial charge on any atom is 0.136 e. The molecule has 1 aliphatic rings. The molecule has 0 unspecified atom stereocenters. The lowest BCUT2D eigenvalue weighted by Gasteiger charge is -2.29. The maximum atomic E-state index is 6.69. The number of rotatable bonds is 7. The van der Waals surface area contributed by atoms with Crippen molar-refractivity contribution in [2.24, 2.45) is 0 Å². The maximum absolute atomic E-state index is 6.69. The molecule has 11 rings (SSSR count). The van der Waals surface area contributed by atoms with Gasteiger partial charge in [0.15, 0.2) is 0 Å². The highest BCUT2D eigenvalue weighted by atomic mass is 16.3. The van der Waals surface area contributed by atoms with E-state index in [1.807, 2.05) is 0 Å². The molecule has 0 spiro atoms. The third-order valence-electron chi connectivity index (χ3n) is 12.2. The number of hydrogen-bond acceptors (Lipinski definition) is 2. The molecule has 2 nitrogen and oxygen atoms in total. The van der Waals surface area contributed by atoms with Crippen LogP contribution in [0.2, 0.25) is 0 Å². The molecule has 2 heteroatoms. The minimum Gasteiger partial charge on any atom is -0.456 e. The first-order chi connectivity index (χ1) is 28.6. The molecule has 10 aromatic rings. The molecular weight excluding hydrogens is 703 g/mol. The Morgan fingerprint density at radius 1 is 0.362 bits per heavy atom. The van der Waals surface area contributed by atoms with Crippen molar-refractivity contribution >= 4 is 39.0 Å². The van der Waals surface area contributed by atoms with Crippen molar-refractivity contribution in [2.45, 2.75) is 12.3 Å². The number of nitrogens with zero attached hydrogens (tertiary/aromatic N) is 1. The summed E-state index contributed by atoms with van der Waals surface area (Å²) in [5, 5.41) is 2.26. The van der Waals surface area contributed by atoms with Gasteiger partial charge in [0.1, 0.15) is 11.2 Å². The van der Waals surface area contributed by atoms with E-state index in [1.54, 1.807) is 0 Å². The van der Waals surface area contributed by atoms with Crippen LogP contribution in [0.15, 0.2) is 223 Å². The second kappa shape index (κ2) is 13.7. The number of benzene rings is 9. The lowest BCUT2D eigenvalue weighted by atomic mass is 9.73. The fourth-order valence-corrected chi connectivity index (χ4v) is 9.26. The van der Waals surface area contributed by atoms with Gasteiger partial charge in [0.25, 0.3) is 0 Å². The highest BCUT2D eigenvalue weighted by molar-refractivity contribution is 6.13. The SMILES string of the molecule is CC1(c2cc(-c3ccc(N(c4ccc(-c5ccccc5)cc4)c4cccc(-c5ccccc5)c4)cc3)c3c(c2)oc2ccccc23)c2ccccc2-c2ccccc21. The molecule has 0 fully saturated rings. The lowest BCUT2D eigenvalue weighted by Crippen LogP contribution is -2.22. The Morgan fingerprint density at radius 2 is 0.879 bits per heavy atom. The third-order valence-corrected chi connectivity index (χ3v) is 12.2. The van der Waals surface area contributed by atoms with Crippen LogP contribution in [-0.4, -0.2) is 0 Å². The van der Waals surface area contributed by atoms with Gasteiger partial charge < -0.3 is 9.32 Å². The van der Waals surface area contributed by atoms with Gasteiger partial charge in [-0.15, -0.1) is 0 Å². The van der Waals surface area contributed by atoms with Crippen LogP contribution < -0.4 is 4.90 Å². The van der Waals surface area contributed by atoms with Crippen LogP contribution in [0.5, 0.6) is 0 Å². The quantitative estimate of drug-likeness (QED) is 0.162. The summed E-state index contributed by atoms with van der Waals surface area (Å²) < 4.78 is 6.69. The fraction of sp³-hybridized carbons (Fsp3) is 0.0357. The molecule has 1 aliphatic carbocycles. The second-order valence-electron chi connectivity index (χ2n) is 15.4. The number of furan rings is 1. The minimum atomic E-state index is -0.360. The van der Waals surface area contributed by atoms with E-state index in [4.69, 9.17) is 4.42 Å². The van der Waals surface area contributed by atoms with Crippen LogP contribution in [0, 0.1) is 0 Å². The zero-order valence-electron chi connectivity index (χ0n) is 32.1. The molecule has 0 bridgehead atoms. The average Bonchev–Trinajstić information content (AvgIpc) is 3.81. The first-order valence-corrected chi connectivity index (χ1v) is 20.0. The van der Waals surface area contributed by atoms with Gasteiger partial charge in [-0.25, -0.2) is 0 Å². The standard InChI is InChI=1S/C56H39NO/c1-56(51-24-11-8-21-47(51)48-22-9-12-25-52(48)56)43-36-50(55-49-23-10-13-26-53(49)58-54(55)37-43)41-29-33-45(34-30-41)57(44-31-27-40(28-32-44)38-15-4-2-5-16-38)46-20-14-19-42(35-46)39-17-6-3-7-18-39/h2-37H,1H3. The Labute approximate surface area is 338 Å². The highest BCUT2D eigenvalue weighted by Gasteiger charge is 2.41. The summed E-state index contributed by atoms with van der Waals surface area (Å²) in [4.78, 5) is 2.36. The molecule has 0 N–H and O–H groups in total. The average molecular weight is 742 g/mol. The van der Waals surface area contributed by atoms with Crippen LogP contribution in [0.25, 0.3) is 66.4 Å². The Kier molecular flexibility index (Phi) is 7.97. The first-order valence-electron chi connectivity index (χ1n) is 20.0. The molecule has 0 saturated carbocycles. The smallest absolute Gasteiger partial charge is 0.136 e. The van der Waals surface area contributed by atoms with Gasteiger partial charge >= 0.3 is 0 Å². The number of hydrogen-bond donors (Lipinski definition) is 0. The van der Waals surface area contributed by atoms with Crippen molar-refractivity contribution in [3.8, 4) is 44.5 Å². The Bertz CT molecular complexity index is 3060. The molecule has 0 radical (unpaired) electrons. The van der Waals surface area contributed by atoms with Gasteiger partial charge in [0.2, 0.25) is 0 Å². The van der Waals surface area contributed by atoms with Crippen molar-refractivity contribution in [1.29, 1.82) is 0 Å². The zero-order valence-corrected chi connectivity index (χ0v) is 32.1. The summed E-state index contributed by atoms with van der Waals surface area (Å²) >= 11 is 0. The van der Waals surface area contributed by atoms with Gasteiger partial charge in [-0.3, -0.25) is 0 Å². The predicted molar refractivity (Wildman–Crippen MR) is 242 cm³/mol. The van der Waals surface area contributed by atoms with E-state index in [1.165, 1.54) is 50.1 Å². The molecule has 0 atom stereocenters. The van der Waals surface area contributed by atoms with E-state index in [-0.39, 0.29) is 5.41 Å². The zero-order chi connectivity index (χ0) is 38.6. The van der Waals surface area contributed by atoms with Crippen LogP contribution in [0.3, 0.4) is 0 Å². The summed E-state index contributed by atoms with van der Waals surface area (Å²) in [5.74, 6) is 0. The molecule has 0 aliphatic heterocycles. The van der Waals surface area contributed by atoms with E-state index >= 15 is 0 Å². The molecule has 58 heavy (non-hydrogen) atoms. The molecule has 274 valence electrons. The summed E-state index contributed by atoms with van der Waals surface area (Å²) in [5.41, 5.74) is 18.2. The topological polar surface area (TPSA) is 16.4 Å². The summed E-state index contributed by atoms with van der Waals surface area (Å²) in [6.07, 6.45) is 0. The summed E-state index contributed by atoms with van der Waals surface area (Å²) in [6, 6.07) is 78.8. The third kappa shape index (κ3) is 5.49. The van der Waals surface area contributed by atoms with Crippen molar-refractivity contribution < 1.29 is 4.42 Å². The first kappa shape index (κ1) is 33.9. The van der Waals surface area contributed by atoms with E-state index in [0.717, 1.165) is 50.1 Å². The van der Waals surface area contributed by atoms with E-state index in [0.29, 0.717) is 0 Å².